The minimum atomic E-state index is 0.987. The van der Waals surface area contributed by atoms with E-state index in [1.54, 1.807) is 11.3 Å². The lowest BCUT2D eigenvalue weighted by atomic mass is 10.3. The molecule has 0 spiro atoms. The van der Waals surface area contributed by atoms with E-state index in [4.69, 9.17) is 4.98 Å². The number of rotatable bonds is 2. The van der Waals surface area contributed by atoms with E-state index in [-0.39, 0.29) is 0 Å². The summed E-state index contributed by atoms with van der Waals surface area (Å²) in [5.74, 6) is 0. The summed E-state index contributed by atoms with van der Waals surface area (Å²) >= 11 is 1.70. The standard InChI is InChI=1S/C17H19N5S/c1-13-3-4-15-16(19-13)23-17(20-15)22-10-2-9-21(11-12-22)14-5-7-18-8-6-14/h3-8H,2,9-12H2,1H3. The van der Waals surface area contributed by atoms with Gasteiger partial charge in [-0.05, 0) is 37.6 Å². The first-order valence-corrected chi connectivity index (χ1v) is 8.75. The number of nitrogens with zero attached hydrogens (tertiary/aromatic N) is 5. The van der Waals surface area contributed by atoms with Crippen molar-refractivity contribution in [2.24, 2.45) is 0 Å². The van der Waals surface area contributed by atoms with E-state index >= 15 is 0 Å². The minimum absolute atomic E-state index is 0.987. The number of thiazole rings is 1. The fraction of sp³-hybridized carbons (Fsp3) is 0.353. The Hall–Kier alpha value is -2.21. The Morgan fingerprint density at radius 2 is 1.70 bits per heavy atom. The average Bonchev–Trinajstić information content (AvgIpc) is 2.83. The molecule has 1 saturated heterocycles. The number of pyridine rings is 2. The fourth-order valence-electron chi connectivity index (χ4n) is 2.96. The Balaban J connectivity index is 1.53. The number of fused-ring (bicyclic) bond motifs is 1. The van der Waals surface area contributed by atoms with Gasteiger partial charge < -0.3 is 9.80 Å². The second-order valence-electron chi connectivity index (χ2n) is 5.81. The molecular formula is C17H19N5S. The van der Waals surface area contributed by atoms with Crippen LogP contribution in [0.2, 0.25) is 0 Å². The molecule has 1 aliphatic rings. The van der Waals surface area contributed by atoms with Crippen LogP contribution in [0.3, 0.4) is 0 Å². The smallest absolute Gasteiger partial charge is 0.188 e. The monoisotopic (exact) mass is 325 g/mol. The molecule has 0 radical (unpaired) electrons. The summed E-state index contributed by atoms with van der Waals surface area (Å²) in [4.78, 5) is 19.3. The minimum Gasteiger partial charge on any atom is -0.370 e. The SMILES string of the molecule is Cc1ccc2nc(N3CCCN(c4ccncc4)CC3)sc2n1. The molecule has 0 atom stereocenters. The Bertz CT molecular complexity index is 801. The van der Waals surface area contributed by atoms with Crippen molar-refractivity contribution in [3.63, 3.8) is 0 Å². The van der Waals surface area contributed by atoms with Crippen molar-refractivity contribution in [1.82, 2.24) is 15.0 Å². The van der Waals surface area contributed by atoms with Gasteiger partial charge in [-0.2, -0.15) is 0 Å². The normalized spacial score (nSPS) is 15.9. The maximum absolute atomic E-state index is 4.77. The predicted molar refractivity (Wildman–Crippen MR) is 95.4 cm³/mol. The highest BCUT2D eigenvalue weighted by molar-refractivity contribution is 7.21. The molecule has 0 saturated carbocycles. The van der Waals surface area contributed by atoms with Gasteiger partial charge in [-0.3, -0.25) is 4.98 Å². The van der Waals surface area contributed by atoms with Crippen molar-refractivity contribution in [1.29, 1.82) is 0 Å². The maximum Gasteiger partial charge on any atom is 0.188 e. The number of hydrogen-bond donors (Lipinski definition) is 0. The first-order valence-electron chi connectivity index (χ1n) is 7.94. The summed E-state index contributed by atoms with van der Waals surface area (Å²) in [5.41, 5.74) is 3.31. The van der Waals surface area contributed by atoms with Gasteiger partial charge >= 0.3 is 0 Å². The van der Waals surface area contributed by atoms with Crippen LogP contribution < -0.4 is 9.80 Å². The zero-order chi connectivity index (χ0) is 15.6. The van der Waals surface area contributed by atoms with Crippen LogP contribution in [0.4, 0.5) is 10.8 Å². The van der Waals surface area contributed by atoms with Crippen molar-refractivity contribution < 1.29 is 0 Å². The lowest BCUT2D eigenvalue weighted by Gasteiger charge is -2.23. The second-order valence-corrected chi connectivity index (χ2v) is 6.76. The highest BCUT2D eigenvalue weighted by Crippen LogP contribution is 2.28. The predicted octanol–water partition coefficient (Wildman–Crippen LogP) is 3.11. The van der Waals surface area contributed by atoms with Crippen molar-refractivity contribution in [3.8, 4) is 0 Å². The molecule has 5 nitrogen and oxygen atoms in total. The molecule has 4 heterocycles. The van der Waals surface area contributed by atoms with Gasteiger partial charge in [0, 0.05) is 50.0 Å². The van der Waals surface area contributed by atoms with E-state index in [9.17, 15) is 0 Å². The summed E-state index contributed by atoms with van der Waals surface area (Å²) < 4.78 is 0. The van der Waals surface area contributed by atoms with Crippen LogP contribution in [0.1, 0.15) is 12.1 Å². The van der Waals surface area contributed by atoms with Crippen molar-refractivity contribution in [3.05, 3.63) is 42.4 Å². The molecule has 4 rings (SSSR count). The summed E-state index contributed by atoms with van der Waals surface area (Å²) in [6.45, 7) is 6.13. The van der Waals surface area contributed by atoms with Gasteiger partial charge in [0.05, 0.1) is 0 Å². The van der Waals surface area contributed by atoms with Gasteiger partial charge in [-0.15, -0.1) is 0 Å². The topological polar surface area (TPSA) is 45.2 Å². The molecule has 6 heteroatoms. The Morgan fingerprint density at radius 1 is 0.913 bits per heavy atom. The summed E-state index contributed by atoms with van der Waals surface area (Å²) in [6, 6.07) is 8.26. The van der Waals surface area contributed by atoms with E-state index in [1.165, 1.54) is 5.69 Å². The van der Waals surface area contributed by atoms with E-state index in [2.05, 4.69) is 38.0 Å². The van der Waals surface area contributed by atoms with Crippen LogP contribution in [0, 0.1) is 6.92 Å². The van der Waals surface area contributed by atoms with Gasteiger partial charge in [0.15, 0.2) is 5.13 Å². The molecule has 118 valence electrons. The molecule has 1 fully saturated rings. The number of anilines is 2. The molecule has 0 unspecified atom stereocenters. The Kier molecular flexibility index (Phi) is 3.83. The summed E-state index contributed by atoms with van der Waals surface area (Å²) in [5, 5.41) is 1.09. The Morgan fingerprint density at radius 3 is 2.57 bits per heavy atom. The van der Waals surface area contributed by atoms with Crippen LogP contribution in [0.25, 0.3) is 10.3 Å². The van der Waals surface area contributed by atoms with Gasteiger partial charge in [0.1, 0.15) is 10.3 Å². The molecule has 0 aromatic carbocycles. The molecule has 3 aromatic rings. The van der Waals surface area contributed by atoms with Crippen LogP contribution in [-0.2, 0) is 0 Å². The fourth-order valence-corrected chi connectivity index (χ4v) is 3.99. The lowest BCUT2D eigenvalue weighted by molar-refractivity contribution is 0.804. The third kappa shape index (κ3) is 2.99. The van der Waals surface area contributed by atoms with E-state index in [1.807, 2.05) is 25.4 Å². The van der Waals surface area contributed by atoms with Crippen LogP contribution in [0.5, 0.6) is 0 Å². The molecule has 0 bridgehead atoms. The third-order valence-electron chi connectivity index (χ3n) is 4.18. The lowest BCUT2D eigenvalue weighted by Crippen LogP contribution is -2.30. The zero-order valence-electron chi connectivity index (χ0n) is 13.1. The number of hydrogen-bond acceptors (Lipinski definition) is 6. The molecule has 23 heavy (non-hydrogen) atoms. The highest BCUT2D eigenvalue weighted by atomic mass is 32.1. The van der Waals surface area contributed by atoms with Crippen LogP contribution in [0.15, 0.2) is 36.7 Å². The highest BCUT2D eigenvalue weighted by Gasteiger charge is 2.18. The number of aromatic nitrogens is 3. The van der Waals surface area contributed by atoms with Crippen LogP contribution >= 0.6 is 11.3 Å². The van der Waals surface area contributed by atoms with Crippen molar-refractivity contribution in [2.45, 2.75) is 13.3 Å². The van der Waals surface area contributed by atoms with Gasteiger partial charge in [0.2, 0.25) is 0 Å². The third-order valence-corrected chi connectivity index (χ3v) is 5.20. The molecule has 3 aromatic heterocycles. The first kappa shape index (κ1) is 14.4. The summed E-state index contributed by atoms with van der Waals surface area (Å²) in [7, 11) is 0. The molecule has 0 amide bonds. The maximum atomic E-state index is 4.77. The van der Waals surface area contributed by atoms with E-state index < -0.39 is 0 Å². The zero-order valence-corrected chi connectivity index (χ0v) is 14.0. The van der Waals surface area contributed by atoms with Gasteiger partial charge in [-0.1, -0.05) is 11.3 Å². The Labute approximate surface area is 139 Å². The van der Waals surface area contributed by atoms with Crippen molar-refractivity contribution in [2.75, 3.05) is 36.0 Å². The van der Waals surface area contributed by atoms with Gasteiger partial charge in [0.25, 0.3) is 0 Å². The van der Waals surface area contributed by atoms with E-state index in [0.29, 0.717) is 0 Å². The first-order chi connectivity index (χ1) is 11.3. The van der Waals surface area contributed by atoms with Crippen LogP contribution in [-0.4, -0.2) is 41.1 Å². The molecule has 0 N–H and O–H groups in total. The number of aryl methyl sites for hydroxylation is 1. The van der Waals surface area contributed by atoms with E-state index in [0.717, 1.165) is 53.8 Å². The summed E-state index contributed by atoms with van der Waals surface area (Å²) in [6.07, 6.45) is 4.85. The molecule has 1 aliphatic heterocycles. The molecular weight excluding hydrogens is 306 g/mol. The largest absolute Gasteiger partial charge is 0.370 e. The average molecular weight is 325 g/mol. The van der Waals surface area contributed by atoms with Gasteiger partial charge in [-0.25, -0.2) is 9.97 Å². The molecule has 0 aliphatic carbocycles. The van der Waals surface area contributed by atoms with Crippen molar-refractivity contribution >= 4 is 32.5 Å². The quantitative estimate of drug-likeness (QED) is 0.724. The second kappa shape index (κ2) is 6.12.